The topological polar surface area (TPSA) is 29.1 Å². The predicted molar refractivity (Wildman–Crippen MR) is 70.6 cm³/mol. The Hall–Kier alpha value is -1.09. The molecule has 0 heterocycles. The minimum atomic E-state index is -0.0544. The van der Waals surface area contributed by atoms with Gasteiger partial charge in [0.25, 0.3) is 5.91 Å². The van der Waals surface area contributed by atoms with E-state index in [1.807, 2.05) is 32.0 Å². The van der Waals surface area contributed by atoms with Gasteiger partial charge in [0, 0.05) is 10.5 Å². The van der Waals surface area contributed by atoms with Gasteiger partial charge in [0.05, 0.1) is 5.56 Å². The van der Waals surface area contributed by atoms with Gasteiger partial charge in [-0.2, -0.15) is 0 Å². The van der Waals surface area contributed by atoms with Crippen LogP contribution in [0.2, 0.25) is 0 Å². The summed E-state index contributed by atoms with van der Waals surface area (Å²) >= 11 is 3.40. The lowest BCUT2D eigenvalue weighted by Gasteiger charge is -2.12. The van der Waals surface area contributed by atoms with Gasteiger partial charge in [-0.3, -0.25) is 4.79 Å². The van der Waals surface area contributed by atoms with E-state index in [2.05, 4.69) is 27.8 Å². The lowest BCUT2D eigenvalue weighted by atomic mass is 10.1. The summed E-state index contributed by atoms with van der Waals surface area (Å²) in [6.45, 7) is 7.60. The minimum Gasteiger partial charge on any atom is -0.349 e. The number of rotatable bonds is 4. The molecule has 16 heavy (non-hydrogen) atoms. The third kappa shape index (κ3) is 3.49. The van der Waals surface area contributed by atoms with Gasteiger partial charge in [0.2, 0.25) is 0 Å². The van der Waals surface area contributed by atoms with Crippen LogP contribution in [0.25, 0.3) is 0 Å². The molecule has 1 rings (SSSR count). The van der Waals surface area contributed by atoms with Crippen LogP contribution in [0, 0.1) is 6.92 Å². The molecule has 0 aliphatic carbocycles. The molecule has 1 unspecified atom stereocenters. The first-order valence-electron chi connectivity index (χ1n) is 5.22. The van der Waals surface area contributed by atoms with Crippen LogP contribution in [0.4, 0.5) is 0 Å². The fraction of sp³-hybridized carbons (Fsp3) is 0.308. The minimum absolute atomic E-state index is 0.0544. The zero-order chi connectivity index (χ0) is 12.1. The quantitative estimate of drug-likeness (QED) is 0.842. The van der Waals surface area contributed by atoms with Crippen LogP contribution >= 0.6 is 15.9 Å². The Bertz CT molecular complexity index is 401. The normalized spacial score (nSPS) is 11.9. The number of aryl methyl sites for hydroxylation is 1. The van der Waals surface area contributed by atoms with Gasteiger partial charge >= 0.3 is 0 Å². The maximum absolute atomic E-state index is 11.9. The molecule has 0 saturated heterocycles. The number of amides is 1. The summed E-state index contributed by atoms with van der Waals surface area (Å²) in [6, 6.07) is 5.80. The highest BCUT2D eigenvalue weighted by atomic mass is 79.9. The summed E-state index contributed by atoms with van der Waals surface area (Å²) in [7, 11) is 0. The largest absolute Gasteiger partial charge is 0.349 e. The molecule has 1 aromatic rings. The third-order valence-corrected chi connectivity index (χ3v) is 2.92. The van der Waals surface area contributed by atoms with Crippen LogP contribution in [0.15, 0.2) is 35.3 Å². The molecule has 0 radical (unpaired) electrons. The Morgan fingerprint density at radius 2 is 2.31 bits per heavy atom. The van der Waals surface area contributed by atoms with Crippen molar-refractivity contribution in [2.45, 2.75) is 26.3 Å². The molecule has 0 aromatic heterocycles. The maximum Gasteiger partial charge on any atom is 0.252 e. The average Bonchev–Trinajstić information content (AvgIpc) is 2.17. The molecule has 0 aliphatic heterocycles. The standard InChI is InChI=1S/C13H16BrNO/c1-4-5-10(3)15-13(16)11-7-6-9(2)8-12(11)14/h4,6-8,10H,1,5H2,2-3H3,(H,15,16). The Morgan fingerprint density at radius 1 is 1.62 bits per heavy atom. The van der Waals surface area contributed by atoms with Gasteiger partial charge in [-0.15, -0.1) is 6.58 Å². The zero-order valence-corrected chi connectivity index (χ0v) is 11.2. The highest BCUT2D eigenvalue weighted by Gasteiger charge is 2.11. The molecule has 0 aliphatic rings. The Morgan fingerprint density at radius 3 is 2.88 bits per heavy atom. The van der Waals surface area contributed by atoms with E-state index in [1.54, 1.807) is 6.08 Å². The van der Waals surface area contributed by atoms with Crippen LogP contribution in [0.3, 0.4) is 0 Å². The van der Waals surface area contributed by atoms with E-state index in [0.29, 0.717) is 5.56 Å². The van der Waals surface area contributed by atoms with E-state index in [4.69, 9.17) is 0 Å². The number of hydrogen-bond donors (Lipinski definition) is 1. The monoisotopic (exact) mass is 281 g/mol. The first kappa shape index (κ1) is 13.0. The summed E-state index contributed by atoms with van der Waals surface area (Å²) in [5.41, 5.74) is 1.80. The number of hydrogen-bond acceptors (Lipinski definition) is 1. The van der Waals surface area contributed by atoms with Crippen molar-refractivity contribution in [3.8, 4) is 0 Å². The fourth-order valence-electron chi connectivity index (χ4n) is 1.41. The Labute approximate surface area is 105 Å². The van der Waals surface area contributed by atoms with Crippen LogP contribution < -0.4 is 5.32 Å². The lowest BCUT2D eigenvalue weighted by molar-refractivity contribution is 0.0940. The first-order chi connectivity index (χ1) is 7.54. The van der Waals surface area contributed by atoms with E-state index in [0.717, 1.165) is 16.5 Å². The molecule has 0 saturated carbocycles. The number of halogens is 1. The molecule has 1 N–H and O–H groups in total. The van der Waals surface area contributed by atoms with E-state index in [-0.39, 0.29) is 11.9 Å². The van der Waals surface area contributed by atoms with Crippen LogP contribution in [-0.4, -0.2) is 11.9 Å². The highest BCUT2D eigenvalue weighted by Crippen LogP contribution is 2.18. The summed E-state index contributed by atoms with van der Waals surface area (Å²) < 4.78 is 0.829. The molecule has 1 aromatic carbocycles. The van der Waals surface area contributed by atoms with Crippen molar-refractivity contribution in [3.05, 3.63) is 46.5 Å². The molecule has 0 fully saturated rings. The second kappa shape index (κ2) is 5.85. The molecule has 2 nitrogen and oxygen atoms in total. The van der Waals surface area contributed by atoms with Crippen LogP contribution in [0.1, 0.15) is 29.3 Å². The van der Waals surface area contributed by atoms with Crippen LogP contribution in [-0.2, 0) is 0 Å². The van der Waals surface area contributed by atoms with Crippen molar-refractivity contribution in [3.63, 3.8) is 0 Å². The Kier molecular flexibility index (Phi) is 4.74. The number of benzene rings is 1. The van der Waals surface area contributed by atoms with E-state index < -0.39 is 0 Å². The van der Waals surface area contributed by atoms with Gasteiger partial charge in [-0.25, -0.2) is 0 Å². The molecular formula is C13H16BrNO. The predicted octanol–water partition coefficient (Wildman–Crippen LogP) is 3.45. The summed E-state index contributed by atoms with van der Waals surface area (Å²) in [5, 5.41) is 2.92. The second-order valence-electron chi connectivity index (χ2n) is 3.88. The molecule has 86 valence electrons. The maximum atomic E-state index is 11.9. The van der Waals surface area contributed by atoms with Crippen LogP contribution in [0.5, 0.6) is 0 Å². The van der Waals surface area contributed by atoms with Crippen molar-refractivity contribution >= 4 is 21.8 Å². The first-order valence-corrected chi connectivity index (χ1v) is 6.01. The smallest absolute Gasteiger partial charge is 0.252 e. The summed E-state index contributed by atoms with van der Waals surface area (Å²) in [6.07, 6.45) is 2.57. The summed E-state index contributed by atoms with van der Waals surface area (Å²) in [5.74, 6) is -0.0544. The van der Waals surface area contributed by atoms with E-state index in [1.165, 1.54) is 0 Å². The molecule has 3 heteroatoms. The highest BCUT2D eigenvalue weighted by molar-refractivity contribution is 9.10. The number of carbonyl (C=O) groups is 1. The molecule has 1 amide bonds. The van der Waals surface area contributed by atoms with Crippen molar-refractivity contribution in [1.82, 2.24) is 5.32 Å². The molecule has 0 bridgehead atoms. The van der Waals surface area contributed by atoms with Gasteiger partial charge in [-0.1, -0.05) is 12.1 Å². The molecule has 0 spiro atoms. The van der Waals surface area contributed by atoms with Crippen molar-refractivity contribution < 1.29 is 4.79 Å². The third-order valence-electron chi connectivity index (χ3n) is 2.27. The van der Waals surface area contributed by atoms with Gasteiger partial charge in [-0.05, 0) is 53.9 Å². The number of carbonyl (C=O) groups excluding carboxylic acids is 1. The van der Waals surface area contributed by atoms with Gasteiger partial charge in [0.1, 0.15) is 0 Å². The van der Waals surface area contributed by atoms with Gasteiger partial charge in [0.15, 0.2) is 0 Å². The lowest BCUT2D eigenvalue weighted by Crippen LogP contribution is -2.32. The van der Waals surface area contributed by atoms with E-state index >= 15 is 0 Å². The fourth-order valence-corrected chi connectivity index (χ4v) is 2.09. The van der Waals surface area contributed by atoms with Gasteiger partial charge < -0.3 is 5.32 Å². The molecule has 1 atom stereocenters. The van der Waals surface area contributed by atoms with Crippen molar-refractivity contribution in [1.29, 1.82) is 0 Å². The Balaban J connectivity index is 2.76. The van der Waals surface area contributed by atoms with Crippen molar-refractivity contribution in [2.24, 2.45) is 0 Å². The summed E-state index contributed by atoms with van der Waals surface area (Å²) in [4.78, 5) is 11.9. The molecular weight excluding hydrogens is 266 g/mol. The van der Waals surface area contributed by atoms with Crippen molar-refractivity contribution in [2.75, 3.05) is 0 Å². The second-order valence-corrected chi connectivity index (χ2v) is 4.74. The number of nitrogens with one attached hydrogen (secondary N) is 1. The van der Waals surface area contributed by atoms with E-state index in [9.17, 15) is 4.79 Å². The average molecular weight is 282 g/mol. The SMILES string of the molecule is C=CCC(C)NC(=O)c1ccc(C)cc1Br. The zero-order valence-electron chi connectivity index (χ0n) is 9.59.